The van der Waals surface area contributed by atoms with Gasteiger partial charge in [0.15, 0.2) is 0 Å². The number of carbonyl (C=O) groups is 1. The molecule has 1 aliphatic carbocycles. The zero-order valence-corrected chi connectivity index (χ0v) is 7.73. The van der Waals surface area contributed by atoms with Gasteiger partial charge in [0.1, 0.15) is 0 Å². The fourth-order valence-electron chi connectivity index (χ4n) is 1.48. The van der Waals surface area contributed by atoms with Gasteiger partial charge < -0.3 is 4.74 Å². The molecule has 1 rings (SSSR count). The summed E-state index contributed by atoms with van der Waals surface area (Å²) in [5, 5.41) is 0. The number of esters is 1. The molecule has 1 fully saturated rings. The number of ether oxygens (including phenoxy) is 1. The first kappa shape index (κ1) is 8.57. The zero-order valence-electron chi connectivity index (χ0n) is 7.73. The molecule has 2 heteroatoms. The summed E-state index contributed by atoms with van der Waals surface area (Å²) < 4.78 is 4.97. The van der Waals surface area contributed by atoms with Crippen LogP contribution in [0.4, 0.5) is 0 Å². The Bertz CT molecular complexity index is 184. The van der Waals surface area contributed by atoms with Gasteiger partial charge in [0, 0.05) is 0 Å². The normalized spacial score (nSPS) is 33.1. The molecule has 0 aromatic rings. The van der Waals surface area contributed by atoms with Crippen LogP contribution in [-0.4, -0.2) is 12.6 Å². The molecular weight excluding hydrogens is 140 g/mol. The minimum Gasteiger partial charge on any atom is -0.466 e. The minimum atomic E-state index is -0.205. The number of hydrogen-bond acceptors (Lipinski definition) is 2. The molecule has 1 atom stereocenters. The third-order valence-corrected chi connectivity index (χ3v) is 2.89. The molecule has 2 nitrogen and oxygen atoms in total. The van der Waals surface area contributed by atoms with Crippen molar-refractivity contribution in [3.8, 4) is 0 Å². The van der Waals surface area contributed by atoms with E-state index in [0.717, 1.165) is 6.42 Å². The fraction of sp³-hybridized carbons (Fsp3) is 0.889. The minimum absolute atomic E-state index is 0.0370. The Morgan fingerprint density at radius 3 is 2.18 bits per heavy atom. The molecule has 0 saturated heterocycles. The van der Waals surface area contributed by atoms with Crippen LogP contribution in [0.15, 0.2) is 0 Å². The monoisotopic (exact) mass is 156 g/mol. The Hall–Kier alpha value is -0.530. The Labute approximate surface area is 67.9 Å². The topological polar surface area (TPSA) is 26.3 Å². The lowest BCUT2D eigenvalue weighted by Gasteiger charge is -2.12. The van der Waals surface area contributed by atoms with Crippen LogP contribution in [0.2, 0.25) is 0 Å². The Kier molecular flexibility index (Phi) is 1.73. The second kappa shape index (κ2) is 2.23. The molecule has 0 bridgehead atoms. The summed E-state index contributed by atoms with van der Waals surface area (Å²) in [7, 11) is 0. The van der Waals surface area contributed by atoms with Gasteiger partial charge in [-0.05, 0) is 25.7 Å². The largest absolute Gasteiger partial charge is 0.466 e. The van der Waals surface area contributed by atoms with Gasteiger partial charge in [0.2, 0.25) is 0 Å². The van der Waals surface area contributed by atoms with Crippen LogP contribution in [0.1, 0.15) is 34.1 Å². The fourth-order valence-corrected chi connectivity index (χ4v) is 1.48. The summed E-state index contributed by atoms with van der Waals surface area (Å²) in [6.07, 6.45) is 0.957. The van der Waals surface area contributed by atoms with E-state index in [4.69, 9.17) is 4.74 Å². The van der Waals surface area contributed by atoms with Gasteiger partial charge in [-0.1, -0.05) is 13.8 Å². The van der Waals surface area contributed by atoms with Crippen molar-refractivity contribution in [2.75, 3.05) is 6.61 Å². The van der Waals surface area contributed by atoms with E-state index in [0.29, 0.717) is 6.61 Å². The van der Waals surface area contributed by atoms with Crippen LogP contribution in [0, 0.1) is 10.8 Å². The highest BCUT2D eigenvalue weighted by atomic mass is 16.5. The van der Waals surface area contributed by atoms with E-state index >= 15 is 0 Å². The summed E-state index contributed by atoms with van der Waals surface area (Å²) in [4.78, 5) is 11.3. The van der Waals surface area contributed by atoms with Crippen LogP contribution >= 0.6 is 0 Å². The van der Waals surface area contributed by atoms with E-state index in [-0.39, 0.29) is 16.8 Å². The summed E-state index contributed by atoms with van der Waals surface area (Å²) in [6.45, 7) is 8.51. The molecule has 0 aliphatic heterocycles. The second-order valence-electron chi connectivity index (χ2n) is 4.11. The van der Waals surface area contributed by atoms with Crippen LogP contribution in [-0.2, 0) is 9.53 Å². The molecule has 0 spiro atoms. The van der Waals surface area contributed by atoms with Gasteiger partial charge in [-0.3, -0.25) is 4.79 Å². The zero-order chi connectivity index (χ0) is 8.70. The van der Waals surface area contributed by atoms with E-state index in [1.54, 1.807) is 0 Å². The van der Waals surface area contributed by atoms with Gasteiger partial charge in [0.25, 0.3) is 0 Å². The molecule has 0 radical (unpaired) electrons. The van der Waals surface area contributed by atoms with Gasteiger partial charge in [-0.2, -0.15) is 0 Å². The van der Waals surface area contributed by atoms with Crippen LogP contribution < -0.4 is 0 Å². The first-order valence-electron chi connectivity index (χ1n) is 4.11. The predicted octanol–water partition coefficient (Wildman–Crippen LogP) is 1.99. The van der Waals surface area contributed by atoms with Crippen LogP contribution in [0.25, 0.3) is 0 Å². The first-order valence-corrected chi connectivity index (χ1v) is 4.11. The van der Waals surface area contributed by atoms with Crippen LogP contribution in [0.5, 0.6) is 0 Å². The molecule has 0 aromatic heterocycles. The van der Waals surface area contributed by atoms with Crippen molar-refractivity contribution in [2.24, 2.45) is 10.8 Å². The molecule has 0 aromatic carbocycles. The van der Waals surface area contributed by atoms with Crippen molar-refractivity contribution in [3.05, 3.63) is 0 Å². The molecule has 0 N–H and O–H groups in total. The van der Waals surface area contributed by atoms with E-state index in [9.17, 15) is 4.79 Å². The van der Waals surface area contributed by atoms with Crippen LogP contribution in [0.3, 0.4) is 0 Å². The number of rotatable bonds is 2. The SMILES string of the molecule is CCOC(=O)C1(C)CC1(C)C. The molecular formula is C9H16O2. The third-order valence-electron chi connectivity index (χ3n) is 2.89. The third kappa shape index (κ3) is 1.15. The number of carbonyl (C=O) groups excluding carboxylic acids is 1. The van der Waals surface area contributed by atoms with Gasteiger partial charge in [-0.25, -0.2) is 0 Å². The highest BCUT2D eigenvalue weighted by Crippen LogP contribution is 2.63. The van der Waals surface area contributed by atoms with Gasteiger partial charge in [0.05, 0.1) is 12.0 Å². The molecule has 0 amide bonds. The van der Waals surface area contributed by atoms with Gasteiger partial charge in [-0.15, -0.1) is 0 Å². The maximum Gasteiger partial charge on any atom is 0.312 e. The van der Waals surface area contributed by atoms with Crippen molar-refractivity contribution in [3.63, 3.8) is 0 Å². The maximum atomic E-state index is 11.3. The van der Waals surface area contributed by atoms with E-state index in [1.165, 1.54) is 0 Å². The molecule has 1 saturated carbocycles. The summed E-state index contributed by atoms with van der Waals surface area (Å²) in [6, 6.07) is 0. The molecule has 1 unspecified atom stereocenters. The number of hydrogen-bond donors (Lipinski definition) is 0. The van der Waals surface area contributed by atoms with Gasteiger partial charge >= 0.3 is 5.97 Å². The Balaban J connectivity index is 2.57. The Morgan fingerprint density at radius 1 is 1.45 bits per heavy atom. The van der Waals surface area contributed by atoms with E-state index in [1.807, 2.05) is 13.8 Å². The quantitative estimate of drug-likeness (QED) is 0.571. The molecule has 64 valence electrons. The average Bonchev–Trinajstić information content (AvgIpc) is 2.35. The summed E-state index contributed by atoms with van der Waals surface area (Å²) in [5.74, 6) is -0.0370. The highest BCUT2D eigenvalue weighted by molar-refractivity contribution is 5.81. The van der Waals surface area contributed by atoms with Crippen molar-refractivity contribution in [2.45, 2.75) is 34.1 Å². The summed E-state index contributed by atoms with van der Waals surface area (Å²) >= 11 is 0. The lowest BCUT2D eigenvalue weighted by atomic mass is 9.99. The van der Waals surface area contributed by atoms with Crippen molar-refractivity contribution in [1.29, 1.82) is 0 Å². The highest BCUT2D eigenvalue weighted by Gasteiger charge is 2.63. The standard InChI is InChI=1S/C9H16O2/c1-5-11-7(10)9(4)6-8(9,2)3/h5-6H2,1-4H3. The van der Waals surface area contributed by atoms with Crippen molar-refractivity contribution < 1.29 is 9.53 Å². The van der Waals surface area contributed by atoms with Crippen molar-refractivity contribution >= 4 is 5.97 Å². The van der Waals surface area contributed by atoms with Crippen molar-refractivity contribution in [1.82, 2.24) is 0 Å². The maximum absolute atomic E-state index is 11.3. The molecule has 0 heterocycles. The Morgan fingerprint density at radius 2 is 1.91 bits per heavy atom. The first-order chi connectivity index (χ1) is 4.94. The predicted molar refractivity (Wildman–Crippen MR) is 43.1 cm³/mol. The average molecular weight is 156 g/mol. The lowest BCUT2D eigenvalue weighted by Crippen LogP contribution is -2.20. The summed E-state index contributed by atoms with van der Waals surface area (Å²) in [5.41, 5.74) is -0.0533. The molecule has 1 aliphatic rings. The second-order valence-corrected chi connectivity index (χ2v) is 4.11. The van der Waals surface area contributed by atoms with E-state index < -0.39 is 0 Å². The van der Waals surface area contributed by atoms with E-state index in [2.05, 4.69) is 13.8 Å². The molecule has 11 heavy (non-hydrogen) atoms. The lowest BCUT2D eigenvalue weighted by molar-refractivity contribution is -0.150. The smallest absolute Gasteiger partial charge is 0.312 e.